The van der Waals surface area contributed by atoms with E-state index in [4.69, 9.17) is 23.2 Å². The van der Waals surface area contributed by atoms with E-state index in [-0.39, 0.29) is 0 Å². The third-order valence-corrected chi connectivity index (χ3v) is 2.92. The minimum atomic E-state index is 0.570. The Morgan fingerprint density at radius 1 is 1.33 bits per heavy atom. The molecule has 0 fully saturated rings. The predicted molar refractivity (Wildman–Crippen MR) is 67.9 cm³/mol. The Kier molecular flexibility index (Phi) is 5.44. The maximum atomic E-state index is 6.10. The maximum absolute atomic E-state index is 6.10. The van der Waals surface area contributed by atoms with Crippen molar-refractivity contribution in [3.8, 4) is 0 Å². The Labute approximate surface area is 102 Å². The molecule has 1 N–H and O–H groups in total. The van der Waals surface area contributed by atoms with E-state index in [2.05, 4.69) is 19.2 Å². The molecule has 1 unspecified atom stereocenters. The van der Waals surface area contributed by atoms with E-state index < -0.39 is 0 Å². The summed E-state index contributed by atoms with van der Waals surface area (Å²) in [5, 5.41) is 4.89. The van der Waals surface area contributed by atoms with Gasteiger partial charge in [-0.3, -0.25) is 0 Å². The largest absolute Gasteiger partial charge is 0.317 e. The Morgan fingerprint density at radius 3 is 2.73 bits per heavy atom. The number of rotatable bonds is 5. The van der Waals surface area contributed by atoms with Crippen LogP contribution in [0.4, 0.5) is 0 Å². The molecular formula is C12H17Cl2N. The van der Waals surface area contributed by atoms with Gasteiger partial charge in [0.2, 0.25) is 0 Å². The first-order valence-corrected chi connectivity index (χ1v) is 6.03. The highest BCUT2D eigenvalue weighted by Crippen LogP contribution is 2.23. The fourth-order valence-electron chi connectivity index (χ4n) is 1.54. The lowest BCUT2D eigenvalue weighted by Crippen LogP contribution is -2.21. The number of nitrogens with one attached hydrogen (secondary N) is 1. The van der Waals surface area contributed by atoms with Crippen molar-refractivity contribution in [1.29, 1.82) is 0 Å². The maximum Gasteiger partial charge on any atom is 0.0439 e. The lowest BCUT2D eigenvalue weighted by atomic mass is 10.0. The summed E-state index contributed by atoms with van der Waals surface area (Å²) in [6, 6.07) is 5.63. The lowest BCUT2D eigenvalue weighted by molar-refractivity contribution is 0.521. The van der Waals surface area contributed by atoms with Crippen LogP contribution in [-0.4, -0.2) is 13.1 Å². The predicted octanol–water partition coefficient (Wildman–Crippen LogP) is 3.78. The van der Waals surface area contributed by atoms with E-state index in [1.54, 1.807) is 0 Å². The van der Waals surface area contributed by atoms with Gasteiger partial charge >= 0.3 is 0 Å². The summed E-state index contributed by atoms with van der Waals surface area (Å²) in [4.78, 5) is 0. The minimum absolute atomic E-state index is 0.570. The van der Waals surface area contributed by atoms with Crippen molar-refractivity contribution in [1.82, 2.24) is 5.32 Å². The molecule has 1 nitrogen and oxygen atoms in total. The number of hydrogen-bond acceptors (Lipinski definition) is 1. The molecule has 0 spiro atoms. The van der Waals surface area contributed by atoms with Gasteiger partial charge in [0.15, 0.2) is 0 Å². The molecule has 1 atom stereocenters. The molecule has 0 aliphatic carbocycles. The van der Waals surface area contributed by atoms with Crippen molar-refractivity contribution in [3.63, 3.8) is 0 Å². The third kappa shape index (κ3) is 4.42. The summed E-state index contributed by atoms with van der Waals surface area (Å²) >= 11 is 12.0. The highest BCUT2D eigenvalue weighted by Gasteiger charge is 2.07. The van der Waals surface area contributed by atoms with E-state index in [0.29, 0.717) is 5.92 Å². The first-order chi connectivity index (χ1) is 7.13. The highest BCUT2D eigenvalue weighted by atomic mass is 35.5. The fraction of sp³-hybridized carbons (Fsp3) is 0.500. The van der Waals surface area contributed by atoms with Gasteiger partial charge in [-0.15, -0.1) is 0 Å². The minimum Gasteiger partial charge on any atom is -0.317 e. The van der Waals surface area contributed by atoms with Gasteiger partial charge in [-0.05, 0) is 49.2 Å². The Hall–Kier alpha value is -0.240. The van der Waals surface area contributed by atoms with Gasteiger partial charge in [0.1, 0.15) is 0 Å². The second-order valence-electron chi connectivity index (χ2n) is 3.85. The second kappa shape index (κ2) is 6.37. The normalized spacial score (nSPS) is 12.8. The van der Waals surface area contributed by atoms with Crippen LogP contribution >= 0.6 is 23.2 Å². The molecule has 0 bridgehead atoms. The van der Waals surface area contributed by atoms with Gasteiger partial charge in [-0.2, -0.15) is 0 Å². The van der Waals surface area contributed by atoms with Crippen LogP contribution in [0.2, 0.25) is 10.0 Å². The van der Waals surface area contributed by atoms with E-state index in [9.17, 15) is 0 Å². The summed E-state index contributed by atoms with van der Waals surface area (Å²) in [6.45, 7) is 6.34. The zero-order valence-corrected chi connectivity index (χ0v) is 10.7. The van der Waals surface area contributed by atoms with Crippen molar-refractivity contribution < 1.29 is 0 Å². The summed E-state index contributed by atoms with van der Waals surface area (Å²) in [5.41, 5.74) is 1.13. The molecule has 0 saturated carbocycles. The van der Waals surface area contributed by atoms with Crippen molar-refractivity contribution in [2.24, 2.45) is 5.92 Å². The Balaban J connectivity index is 2.59. The third-order valence-electron chi connectivity index (χ3n) is 2.32. The van der Waals surface area contributed by atoms with Crippen LogP contribution < -0.4 is 5.32 Å². The molecule has 3 heteroatoms. The van der Waals surface area contributed by atoms with Gasteiger partial charge < -0.3 is 5.32 Å². The van der Waals surface area contributed by atoms with Crippen molar-refractivity contribution >= 4 is 23.2 Å². The smallest absolute Gasteiger partial charge is 0.0439 e. The molecule has 15 heavy (non-hydrogen) atoms. The summed E-state index contributed by atoms with van der Waals surface area (Å²) < 4.78 is 0. The van der Waals surface area contributed by atoms with Crippen LogP contribution in [0.5, 0.6) is 0 Å². The molecule has 1 aromatic rings. The van der Waals surface area contributed by atoms with Crippen LogP contribution in [0.15, 0.2) is 18.2 Å². The van der Waals surface area contributed by atoms with Gasteiger partial charge in [-0.1, -0.05) is 37.0 Å². The molecule has 0 saturated heterocycles. The van der Waals surface area contributed by atoms with Gasteiger partial charge in [0, 0.05) is 10.0 Å². The van der Waals surface area contributed by atoms with E-state index >= 15 is 0 Å². The van der Waals surface area contributed by atoms with Crippen LogP contribution in [0, 0.1) is 5.92 Å². The molecule has 0 aromatic heterocycles. The number of hydrogen-bond donors (Lipinski definition) is 1. The first kappa shape index (κ1) is 12.8. The number of halogens is 2. The highest BCUT2D eigenvalue weighted by molar-refractivity contribution is 6.33. The molecular weight excluding hydrogens is 229 g/mol. The van der Waals surface area contributed by atoms with Crippen molar-refractivity contribution in [2.45, 2.75) is 20.3 Å². The quantitative estimate of drug-likeness (QED) is 0.833. The standard InChI is InChI=1S/C12H17Cl2N/c1-3-15-8-9(2)6-10-7-11(13)4-5-12(10)14/h4-5,7,9,15H,3,6,8H2,1-2H3. The SMILES string of the molecule is CCNCC(C)Cc1cc(Cl)ccc1Cl. The van der Waals surface area contributed by atoms with Crippen LogP contribution in [-0.2, 0) is 6.42 Å². The van der Waals surface area contributed by atoms with E-state index in [1.807, 2.05) is 18.2 Å². The molecule has 0 radical (unpaired) electrons. The zero-order valence-electron chi connectivity index (χ0n) is 9.19. The average Bonchev–Trinajstić information content (AvgIpc) is 2.20. The molecule has 0 aliphatic rings. The van der Waals surface area contributed by atoms with E-state index in [0.717, 1.165) is 35.1 Å². The first-order valence-electron chi connectivity index (χ1n) is 5.28. The molecule has 0 heterocycles. The molecule has 0 aliphatic heterocycles. The van der Waals surface area contributed by atoms with Crippen LogP contribution in [0.3, 0.4) is 0 Å². The fourth-order valence-corrected chi connectivity index (χ4v) is 1.93. The monoisotopic (exact) mass is 245 g/mol. The van der Waals surface area contributed by atoms with Crippen molar-refractivity contribution in [3.05, 3.63) is 33.8 Å². The van der Waals surface area contributed by atoms with Gasteiger partial charge in [-0.25, -0.2) is 0 Å². The van der Waals surface area contributed by atoms with E-state index in [1.165, 1.54) is 0 Å². The average molecular weight is 246 g/mol. The van der Waals surface area contributed by atoms with Gasteiger partial charge in [0.25, 0.3) is 0 Å². The molecule has 1 rings (SSSR count). The summed E-state index contributed by atoms with van der Waals surface area (Å²) in [7, 11) is 0. The lowest BCUT2D eigenvalue weighted by Gasteiger charge is -2.13. The zero-order chi connectivity index (χ0) is 11.3. The topological polar surface area (TPSA) is 12.0 Å². The van der Waals surface area contributed by atoms with Gasteiger partial charge in [0.05, 0.1) is 0 Å². The molecule has 84 valence electrons. The molecule has 1 aromatic carbocycles. The second-order valence-corrected chi connectivity index (χ2v) is 4.70. The van der Waals surface area contributed by atoms with Crippen LogP contribution in [0.25, 0.3) is 0 Å². The number of benzene rings is 1. The van der Waals surface area contributed by atoms with Crippen LogP contribution in [0.1, 0.15) is 19.4 Å². The molecule has 0 amide bonds. The van der Waals surface area contributed by atoms with Crippen molar-refractivity contribution in [2.75, 3.05) is 13.1 Å². The summed E-state index contributed by atoms with van der Waals surface area (Å²) in [5.74, 6) is 0.570. The Morgan fingerprint density at radius 2 is 2.07 bits per heavy atom. The summed E-state index contributed by atoms with van der Waals surface area (Å²) in [6.07, 6.45) is 0.965. The Bertz CT molecular complexity index is 312.